The normalized spacial score (nSPS) is 23.8. The summed E-state index contributed by atoms with van der Waals surface area (Å²) in [4.78, 5) is 1.43. The van der Waals surface area contributed by atoms with Gasteiger partial charge in [0.05, 0.1) is 12.6 Å². The van der Waals surface area contributed by atoms with Crippen LogP contribution in [-0.2, 0) is 0 Å². The number of alkyl halides is 3. The van der Waals surface area contributed by atoms with E-state index in [-0.39, 0.29) is 18.1 Å². The summed E-state index contributed by atoms with van der Waals surface area (Å²) in [6, 6.07) is 0.117. The van der Waals surface area contributed by atoms with Crippen LogP contribution in [0.2, 0.25) is 0 Å². The average Bonchev–Trinajstić information content (AvgIpc) is 2.62. The molecule has 0 radical (unpaired) electrons. The highest BCUT2D eigenvalue weighted by atomic mass is 19.4. The van der Waals surface area contributed by atoms with Gasteiger partial charge in [-0.3, -0.25) is 4.90 Å². The van der Waals surface area contributed by atoms with E-state index in [1.165, 1.54) is 4.90 Å². The SMILES string of the molecule is CC(C)C(O)CCNC1CCN(CC(F)(F)F)C1. The molecule has 2 N–H and O–H groups in total. The Hall–Kier alpha value is -0.330. The molecular weight excluding hydrogens is 245 g/mol. The lowest BCUT2D eigenvalue weighted by molar-refractivity contribution is -0.143. The van der Waals surface area contributed by atoms with Gasteiger partial charge in [0.1, 0.15) is 0 Å². The topological polar surface area (TPSA) is 35.5 Å². The lowest BCUT2D eigenvalue weighted by atomic mass is 10.0. The fraction of sp³-hybridized carbons (Fsp3) is 1.00. The van der Waals surface area contributed by atoms with Gasteiger partial charge in [0.25, 0.3) is 0 Å². The van der Waals surface area contributed by atoms with Crippen molar-refractivity contribution in [1.29, 1.82) is 0 Å². The number of likely N-dealkylation sites (tertiary alicyclic amines) is 1. The molecule has 0 spiro atoms. The van der Waals surface area contributed by atoms with Crippen molar-refractivity contribution in [2.45, 2.75) is 45.0 Å². The predicted molar refractivity (Wildman–Crippen MR) is 64.4 cm³/mol. The summed E-state index contributed by atoms with van der Waals surface area (Å²) in [5.74, 6) is 0.220. The first-order chi connectivity index (χ1) is 8.28. The van der Waals surface area contributed by atoms with E-state index >= 15 is 0 Å². The third kappa shape index (κ3) is 6.02. The Kier molecular flexibility index (Phi) is 5.88. The van der Waals surface area contributed by atoms with Crippen molar-refractivity contribution in [3.63, 3.8) is 0 Å². The Morgan fingerprint density at radius 1 is 1.39 bits per heavy atom. The molecule has 0 saturated carbocycles. The van der Waals surface area contributed by atoms with Crippen LogP contribution in [0.4, 0.5) is 13.2 Å². The van der Waals surface area contributed by atoms with E-state index in [1.54, 1.807) is 0 Å². The van der Waals surface area contributed by atoms with Crippen LogP contribution in [0.5, 0.6) is 0 Å². The molecule has 108 valence electrons. The summed E-state index contributed by atoms with van der Waals surface area (Å²) >= 11 is 0. The standard InChI is InChI=1S/C12H23F3N2O/c1-9(2)11(18)3-5-16-10-4-6-17(7-10)8-12(13,14)15/h9-11,16,18H,3-8H2,1-2H3. The van der Waals surface area contributed by atoms with Gasteiger partial charge < -0.3 is 10.4 Å². The van der Waals surface area contributed by atoms with Gasteiger partial charge in [0.15, 0.2) is 0 Å². The molecule has 0 aromatic carbocycles. The summed E-state index contributed by atoms with van der Waals surface area (Å²) in [7, 11) is 0. The van der Waals surface area contributed by atoms with Gasteiger partial charge in [0.2, 0.25) is 0 Å². The molecular formula is C12H23F3N2O. The molecule has 0 aromatic rings. The van der Waals surface area contributed by atoms with E-state index in [1.807, 2.05) is 13.8 Å². The van der Waals surface area contributed by atoms with Crippen molar-refractivity contribution in [3.8, 4) is 0 Å². The minimum absolute atomic E-state index is 0.117. The van der Waals surface area contributed by atoms with Crippen LogP contribution in [-0.4, -0.2) is 54.5 Å². The summed E-state index contributed by atoms with van der Waals surface area (Å²) in [5.41, 5.74) is 0. The zero-order valence-electron chi connectivity index (χ0n) is 11.0. The van der Waals surface area contributed by atoms with E-state index in [0.717, 1.165) is 6.42 Å². The number of aliphatic hydroxyl groups excluding tert-OH is 1. The number of hydrogen-bond donors (Lipinski definition) is 2. The van der Waals surface area contributed by atoms with Crippen LogP contribution in [0, 0.1) is 5.92 Å². The summed E-state index contributed by atoms with van der Waals surface area (Å²) in [6.45, 7) is 4.67. The van der Waals surface area contributed by atoms with Crippen LogP contribution in [0.25, 0.3) is 0 Å². The summed E-state index contributed by atoms with van der Waals surface area (Å²) in [5, 5.41) is 12.8. The first-order valence-corrected chi connectivity index (χ1v) is 6.48. The zero-order valence-corrected chi connectivity index (χ0v) is 11.0. The molecule has 0 aromatic heterocycles. The molecule has 1 aliphatic rings. The fourth-order valence-electron chi connectivity index (χ4n) is 2.17. The first-order valence-electron chi connectivity index (χ1n) is 6.48. The third-order valence-corrected chi connectivity index (χ3v) is 3.32. The Morgan fingerprint density at radius 3 is 2.61 bits per heavy atom. The van der Waals surface area contributed by atoms with Gasteiger partial charge in [-0.25, -0.2) is 0 Å². The third-order valence-electron chi connectivity index (χ3n) is 3.32. The Bertz CT molecular complexity index is 246. The Labute approximate surface area is 106 Å². The molecule has 18 heavy (non-hydrogen) atoms. The lowest BCUT2D eigenvalue weighted by Crippen LogP contribution is -2.37. The predicted octanol–water partition coefficient (Wildman–Crippen LogP) is 1.62. The molecule has 1 rings (SSSR count). The van der Waals surface area contributed by atoms with Crippen LogP contribution in [0.15, 0.2) is 0 Å². The Balaban J connectivity index is 2.15. The molecule has 1 fully saturated rings. The van der Waals surface area contributed by atoms with Gasteiger partial charge in [-0.2, -0.15) is 13.2 Å². The van der Waals surface area contributed by atoms with Crippen LogP contribution in [0.1, 0.15) is 26.7 Å². The van der Waals surface area contributed by atoms with Gasteiger partial charge in [-0.15, -0.1) is 0 Å². The second-order valence-electron chi connectivity index (χ2n) is 5.39. The molecule has 6 heteroatoms. The van der Waals surface area contributed by atoms with E-state index in [4.69, 9.17) is 0 Å². The quantitative estimate of drug-likeness (QED) is 0.768. The maximum atomic E-state index is 12.2. The van der Waals surface area contributed by atoms with Crippen molar-refractivity contribution in [2.24, 2.45) is 5.92 Å². The number of hydrogen-bond acceptors (Lipinski definition) is 3. The maximum absolute atomic E-state index is 12.2. The van der Waals surface area contributed by atoms with Crippen LogP contribution >= 0.6 is 0 Å². The fourth-order valence-corrected chi connectivity index (χ4v) is 2.17. The molecule has 0 amide bonds. The van der Waals surface area contributed by atoms with E-state index in [2.05, 4.69) is 5.32 Å². The van der Waals surface area contributed by atoms with E-state index in [9.17, 15) is 18.3 Å². The van der Waals surface area contributed by atoms with E-state index in [0.29, 0.717) is 26.1 Å². The molecule has 3 nitrogen and oxygen atoms in total. The molecule has 0 aliphatic carbocycles. The zero-order chi connectivity index (χ0) is 13.8. The summed E-state index contributed by atoms with van der Waals surface area (Å²) in [6.07, 6.45) is -3.06. The number of halogens is 3. The summed E-state index contributed by atoms with van der Waals surface area (Å²) < 4.78 is 36.6. The minimum Gasteiger partial charge on any atom is -0.393 e. The van der Waals surface area contributed by atoms with Crippen molar-refractivity contribution in [3.05, 3.63) is 0 Å². The van der Waals surface area contributed by atoms with Crippen LogP contribution in [0.3, 0.4) is 0 Å². The largest absolute Gasteiger partial charge is 0.401 e. The highest BCUT2D eigenvalue weighted by Gasteiger charge is 2.34. The highest BCUT2D eigenvalue weighted by Crippen LogP contribution is 2.19. The average molecular weight is 268 g/mol. The lowest BCUT2D eigenvalue weighted by Gasteiger charge is -2.19. The van der Waals surface area contributed by atoms with Gasteiger partial charge in [0, 0.05) is 19.1 Å². The van der Waals surface area contributed by atoms with Crippen molar-refractivity contribution in [1.82, 2.24) is 10.2 Å². The second kappa shape index (κ2) is 6.73. The highest BCUT2D eigenvalue weighted by molar-refractivity contribution is 4.82. The molecule has 2 atom stereocenters. The monoisotopic (exact) mass is 268 g/mol. The molecule has 0 bridgehead atoms. The molecule has 1 saturated heterocycles. The Morgan fingerprint density at radius 2 is 2.06 bits per heavy atom. The molecule has 1 heterocycles. The van der Waals surface area contributed by atoms with Crippen molar-refractivity contribution in [2.75, 3.05) is 26.2 Å². The number of nitrogens with one attached hydrogen (secondary N) is 1. The van der Waals surface area contributed by atoms with Crippen LogP contribution < -0.4 is 5.32 Å². The second-order valence-corrected chi connectivity index (χ2v) is 5.39. The van der Waals surface area contributed by atoms with Crippen molar-refractivity contribution >= 4 is 0 Å². The smallest absolute Gasteiger partial charge is 0.393 e. The van der Waals surface area contributed by atoms with Gasteiger partial charge in [-0.1, -0.05) is 13.8 Å². The molecule has 2 unspecified atom stereocenters. The first kappa shape index (κ1) is 15.7. The van der Waals surface area contributed by atoms with Gasteiger partial charge in [-0.05, 0) is 25.3 Å². The van der Waals surface area contributed by atoms with Gasteiger partial charge >= 0.3 is 6.18 Å². The number of rotatable bonds is 6. The number of nitrogens with zero attached hydrogens (tertiary/aromatic N) is 1. The minimum atomic E-state index is -4.11. The van der Waals surface area contributed by atoms with Crippen molar-refractivity contribution < 1.29 is 18.3 Å². The maximum Gasteiger partial charge on any atom is 0.401 e. The number of aliphatic hydroxyl groups is 1. The van der Waals surface area contributed by atoms with E-state index < -0.39 is 12.7 Å². The molecule has 1 aliphatic heterocycles.